The Morgan fingerprint density at radius 2 is 1.48 bits per heavy atom. The number of halogens is 3. The van der Waals surface area contributed by atoms with Crippen LogP contribution in [-0.4, -0.2) is 17.9 Å². The molecule has 0 fully saturated rings. The van der Waals surface area contributed by atoms with Crippen molar-refractivity contribution < 1.29 is 22.8 Å². The Morgan fingerprint density at radius 3 is 2.03 bits per heavy atom. The number of nitrogens with two attached hydrogens (primary N) is 1. The first-order valence-corrected chi connectivity index (χ1v) is 9.70. The third-order valence-electron chi connectivity index (χ3n) is 5.45. The van der Waals surface area contributed by atoms with Crippen LogP contribution in [0.3, 0.4) is 0 Å². The summed E-state index contributed by atoms with van der Waals surface area (Å²) in [5, 5.41) is 2.65. The van der Waals surface area contributed by atoms with Gasteiger partial charge in [-0.05, 0) is 33.9 Å². The van der Waals surface area contributed by atoms with Gasteiger partial charge in [-0.3, -0.25) is 9.59 Å². The topological polar surface area (TPSA) is 72.2 Å². The molecule has 7 heteroatoms. The fourth-order valence-corrected chi connectivity index (χ4v) is 4.03. The predicted molar refractivity (Wildman–Crippen MR) is 110 cm³/mol. The molecule has 1 aliphatic rings. The molecule has 31 heavy (non-hydrogen) atoms. The van der Waals surface area contributed by atoms with Crippen LogP contribution >= 0.6 is 0 Å². The zero-order chi connectivity index (χ0) is 22.2. The third-order valence-corrected chi connectivity index (χ3v) is 5.45. The maximum absolute atomic E-state index is 13.2. The van der Waals surface area contributed by atoms with Gasteiger partial charge in [-0.1, -0.05) is 66.7 Å². The lowest BCUT2D eigenvalue weighted by Crippen LogP contribution is -2.47. The number of hydrogen-bond donors (Lipinski definition) is 2. The summed E-state index contributed by atoms with van der Waals surface area (Å²) in [6.07, 6.45) is -4.64. The van der Waals surface area contributed by atoms with E-state index in [-0.39, 0.29) is 12.0 Å². The summed E-state index contributed by atoms with van der Waals surface area (Å²) in [5.74, 6) is -1.87. The van der Waals surface area contributed by atoms with Crippen molar-refractivity contribution >= 4 is 11.8 Å². The zero-order valence-corrected chi connectivity index (χ0v) is 16.3. The first-order chi connectivity index (χ1) is 14.8. The number of alkyl halides is 3. The van der Waals surface area contributed by atoms with Crippen molar-refractivity contribution in [2.24, 2.45) is 5.73 Å². The molecule has 0 aliphatic heterocycles. The van der Waals surface area contributed by atoms with E-state index >= 15 is 0 Å². The number of benzene rings is 3. The average molecular weight is 424 g/mol. The Balaban J connectivity index is 1.60. The Hall–Kier alpha value is -3.61. The highest BCUT2D eigenvalue weighted by atomic mass is 19.4. The normalized spacial score (nSPS) is 13.9. The number of carbonyl (C=O) groups excluding carboxylic acids is 2. The molecule has 0 radical (unpaired) electrons. The first kappa shape index (κ1) is 20.7. The highest BCUT2D eigenvalue weighted by Crippen LogP contribution is 2.44. The zero-order valence-electron chi connectivity index (χ0n) is 16.3. The van der Waals surface area contributed by atoms with Crippen LogP contribution in [0.25, 0.3) is 11.1 Å². The van der Waals surface area contributed by atoms with Crippen LogP contribution in [0.2, 0.25) is 0 Å². The maximum Gasteiger partial charge on any atom is 0.416 e. The van der Waals surface area contributed by atoms with Gasteiger partial charge < -0.3 is 11.1 Å². The summed E-state index contributed by atoms with van der Waals surface area (Å²) >= 11 is 0. The van der Waals surface area contributed by atoms with Crippen LogP contribution < -0.4 is 11.1 Å². The van der Waals surface area contributed by atoms with E-state index in [0.717, 1.165) is 34.4 Å². The Bertz CT molecular complexity index is 1110. The molecule has 2 amide bonds. The van der Waals surface area contributed by atoms with E-state index in [1.807, 2.05) is 48.5 Å². The van der Waals surface area contributed by atoms with Crippen LogP contribution in [0.1, 0.15) is 28.2 Å². The van der Waals surface area contributed by atoms with Gasteiger partial charge >= 0.3 is 6.18 Å². The van der Waals surface area contributed by atoms with Gasteiger partial charge in [0.1, 0.15) is 6.04 Å². The Labute approximate surface area is 176 Å². The minimum Gasteiger partial charge on any atom is -0.368 e. The van der Waals surface area contributed by atoms with Crippen LogP contribution in [0.15, 0.2) is 72.8 Å². The van der Waals surface area contributed by atoms with Gasteiger partial charge in [-0.2, -0.15) is 13.2 Å². The molecule has 0 spiro atoms. The molecule has 1 aliphatic carbocycles. The standard InChI is InChI=1S/C24H19F3N2O2/c25-24(26,27)15-7-5-6-14(12-15)13-20(22(28)30)29-23(31)21-18-10-3-1-8-16(18)17-9-2-4-11-19(17)21/h1-12,20-21H,13H2,(H2,28,30)(H,29,31)/t20-/m1/s1. The number of nitrogens with one attached hydrogen (secondary N) is 1. The lowest BCUT2D eigenvalue weighted by Gasteiger charge is -2.20. The minimum atomic E-state index is -4.50. The number of hydrogen-bond acceptors (Lipinski definition) is 2. The Morgan fingerprint density at radius 1 is 0.903 bits per heavy atom. The van der Waals surface area contributed by atoms with E-state index < -0.39 is 35.5 Å². The summed E-state index contributed by atoms with van der Waals surface area (Å²) in [7, 11) is 0. The van der Waals surface area contributed by atoms with Gasteiger partial charge in [0.2, 0.25) is 11.8 Å². The second-order valence-corrected chi connectivity index (χ2v) is 7.47. The van der Waals surface area contributed by atoms with Crippen molar-refractivity contribution in [2.45, 2.75) is 24.6 Å². The molecule has 0 unspecified atom stereocenters. The summed E-state index contributed by atoms with van der Waals surface area (Å²) < 4.78 is 39.0. The van der Waals surface area contributed by atoms with Gasteiger partial charge in [0, 0.05) is 6.42 Å². The SMILES string of the molecule is NC(=O)[C@@H](Cc1cccc(C(F)(F)F)c1)NC(=O)C1c2ccccc2-c2ccccc21. The summed E-state index contributed by atoms with van der Waals surface area (Å²) in [5.41, 5.74) is 8.39. The number of rotatable bonds is 5. The van der Waals surface area contributed by atoms with E-state index in [1.54, 1.807) is 0 Å². The van der Waals surface area contributed by atoms with Gasteiger partial charge in [0.15, 0.2) is 0 Å². The van der Waals surface area contributed by atoms with E-state index in [4.69, 9.17) is 5.73 Å². The molecular weight excluding hydrogens is 405 g/mol. The molecule has 0 bridgehead atoms. The van der Waals surface area contributed by atoms with Crippen molar-refractivity contribution in [1.29, 1.82) is 0 Å². The van der Waals surface area contributed by atoms with E-state index in [2.05, 4.69) is 5.32 Å². The van der Waals surface area contributed by atoms with Crippen LogP contribution in [0.4, 0.5) is 13.2 Å². The lowest BCUT2D eigenvalue weighted by molar-refractivity contribution is -0.137. The minimum absolute atomic E-state index is 0.138. The summed E-state index contributed by atoms with van der Waals surface area (Å²) in [6, 6.07) is 18.5. The quantitative estimate of drug-likeness (QED) is 0.649. The molecule has 3 aromatic rings. The lowest BCUT2D eigenvalue weighted by atomic mass is 9.95. The van der Waals surface area contributed by atoms with Gasteiger partial charge in [0.25, 0.3) is 0 Å². The molecule has 4 rings (SSSR count). The second kappa shape index (κ2) is 7.91. The number of carbonyl (C=O) groups is 2. The van der Waals surface area contributed by atoms with Gasteiger partial charge in [-0.15, -0.1) is 0 Å². The second-order valence-electron chi connectivity index (χ2n) is 7.47. The highest BCUT2D eigenvalue weighted by Gasteiger charge is 2.35. The molecule has 0 saturated carbocycles. The van der Waals surface area contributed by atoms with Gasteiger partial charge in [0.05, 0.1) is 11.5 Å². The number of fused-ring (bicyclic) bond motifs is 3. The highest BCUT2D eigenvalue weighted by molar-refractivity contribution is 5.98. The van der Waals surface area contributed by atoms with E-state index in [9.17, 15) is 22.8 Å². The number of primary amides is 1. The fourth-order valence-electron chi connectivity index (χ4n) is 4.03. The average Bonchev–Trinajstić information content (AvgIpc) is 3.07. The molecule has 158 valence electrons. The molecular formula is C24H19F3N2O2. The Kier molecular flexibility index (Phi) is 5.27. The largest absolute Gasteiger partial charge is 0.416 e. The predicted octanol–water partition coefficient (Wildman–Crippen LogP) is 4.03. The van der Waals surface area contributed by atoms with Crippen LogP contribution in [-0.2, 0) is 22.2 Å². The van der Waals surface area contributed by atoms with E-state index in [0.29, 0.717) is 0 Å². The van der Waals surface area contributed by atoms with Crippen molar-refractivity contribution in [2.75, 3.05) is 0 Å². The number of amides is 2. The van der Waals surface area contributed by atoms with Gasteiger partial charge in [-0.25, -0.2) is 0 Å². The molecule has 4 nitrogen and oxygen atoms in total. The van der Waals surface area contributed by atoms with Crippen molar-refractivity contribution in [3.63, 3.8) is 0 Å². The molecule has 1 atom stereocenters. The molecule has 3 N–H and O–H groups in total. The summed E-state index contributed by atoms with van der Waals surface area (Å²) in [4.78, 5) is 25.2. The van der Waals surface area contributed by atoms with E-state index in [1.165, 1.54) is 12.1 Å². The fraction of sp³-hybridized carbons (Fsp3) is 0.167. The summed E-state index contributed by atoms with van der Waals surface area (Å²) in [6.45, 7) is 0. The molecule has 0 aromatic heterocycles. The molecule has 0 saturated heterocycles. The van der Waals surface area contributed by atoms with Crippen molar-refractivity contribution in [3.8, 4) is 11.1 Å². The molecule has 3 aromatic carbocycles. The first-order valence-electron chi connectivity index (χ1n) is 9.70. The smallest absolute Gasteiger partial charge is 0.368 e. The third kappa shape index (κ3) is 4.03. The van der Waals surface area contributed by atoms with Crippen LogP contribution in [0.5, 0.6) is 0 Å². The monoisotopic (exact) mass is 424 g/mol. The van der Waals surface area contributed by atoms with Crippen molar-refractivity contribution in [3.05, 3.63) is 95.1 Å². The maximum atomic E-state index is 13.2. The van der Waals surface area contributed by atoms with Crippen LogP contribution in [0, 0.1) is 0 Å². The van der Waals surface area contributed by atoms with Crippen molar-refractivity contribution in [1.82, 2.24) is 5.32 Å². The molecule has 0 heterocycles.